The van der Waals surface area contributed by atoms with Gasteiger partial charge in [0.05, 0.1) is 13.3 Å². The number of para-hydroxylation sites is 1. The number of nitrogens with one attached hydrogen (secondary N) is 1. The molecule has 0 spiro atoms. The van der Waals surface area contributed by atoms with Crippen LogP contribution in [0.15, 0.2) is 48.7 Å². The molecule has 1 aromatic heterocycles. The first kappa shape index (κ1) is 18.4. The van der Waals surface area contributed by atoms with Crippen LogP contribution >= 0.6 is 11.6 Å². The second-order valence-corrected chi connectivity index (χ2v) is 7.11. The van der Waals surface area contributed by atoms with Crippen LogP contribution in [0.4, 0.5) is 5.82 Å². The summed E-state index contributed by atoms with van der Waals surface area (Å²) in [5.41, 5.74) is 2.81. The zero-order valence-corrected chi connectivity index (χ0v) is 16.4. The van der Waals surface area contributed by atoms with Gasteiger partial charge in [-0.15, -0.1) is 0 Å². The number of hydrogen-bond donors (Lipinski definition) is 1. The van der Waals surface area contributed by atoms with E-state index >= 15 is 0 Å². The van der Waals surface area contributed by atoms with Gasteiger partial charge in [-0.1, -0.05) is 35.9 Å². The van der Waals surface area contributed by atoms with Crippen molar-refractivity contribution >= 4 is 23.3 Å². The average Bonchev–Trinajstić information content (AvgIpc) is 3.06. The molecule has 1 aliphatic rings. The van der Waals surface area contributed by atoms with Crippen LogP contribution in [-0.4, -0.2) is 22.8 Å². The van der Waals surface area contributed by atoms with Crippen molar-refractivity contribution in [1.82, 2.24) is 9.78 Å². The number of rotatable bonds is 5. The van der Waals surface area contributed by atoms with Crippen molar-refractivity contribution in [2.24, 2.45) is 7.05 Å². The summed E-state index contributed by atoms with van der Waals surface area (Å²) in [5.74, 6) is 1.74. The van der Waals surface area contributed by atoms with Gasteiger partial charge >= 0.3 is 0 Å². The minimum absolute atomic E-state index is 0.0512. The summed E-state index contributed by atoms with van der Waals surface area (Å²) >= 11 is 6.08. The second kappa shape index (κ2) is 7.56. The number of anilines is 1. The lowest BCUT2D eigenvalue weighted by Crippen LogP contribution is -2.24. The SMILES string of the molecule is COc1cccc([C@H]2CC(=O)Nc3c2cnn3C)c1OCc1cccc(Cl)c1. The maximum Gasteiger partial charge on any atom is 0.226 e. The van der Waals surface area contributed by atoms with Crippen LogP contribution in [-0.2, 0) is 18.4 Å². The van der Waals surface area contributed by atoms with Crippen molar-refractivity contribution in [2.45, 2.75) is 18.9 Å². The first-order valence-corrected chi connectivity index (χ1v) is 9.30. The number of fused-ring (bicyclic) bond motifs is 1. The zero-order chi connectivity index (χ0) is 19.7. The largest absolute Gasteiger partial charge is 0.493 e. The quantitative estimate of drug-likeness (QED) is 0.702. The second-order valence-electron chi connectivity index (χ2n) is 6.67. The normalized spacial score (nSPS) is 15.7. The van der Waals surface area contributed by atoms with E-state index in [1.54, 1.807) is 18.0 Å². The molecule has 1 N–H and O–H groups in total. The lowest BCUT2D eigenvalue weighted by Gasteiger charge is -2.26. The third-order valence-corrected chi connectivity index (χ3v) is 5.10. The number of halogens is 1. The molecule has 0 saturated carbocycles. The van der Waals surface area contributed by atoms with E-state index in [-0.39, 0.29) is 11.8 Å². The van der Waals surface area contributed by atoms with E-state index in [1.165, 1.54) is 0 Å². The van der Waals surface area contributed by atoms with E-state index in [0.717, 1.165) is 16.7 Å². The highest BCUT2D eigenvalue weighted by Gasteiger charge is 2.32. The van der Waals surface area contributed by atoms with Crippen molar-refractivity contribution < 1.29 is 14.3 Å². The number of aryl methyl sites for hydroxylation is 1. The Hall–Kier alpha value is -2.99. The fraction of sp³-hybridized carbons (Fsp3) is 0.238. The highest BCUT2D eigenvalue weighted by molar-refractivity contribution is 6.30. The first-order chi connectivity index (χ1) is 13.6. The van der Waals surface area contributed by atoms with Crippen LogP contribution in [0.5, 0.6) is 11.5 Å². The van der Waals surface area contributed by atoms with Gasteiger partial charge in [0.25, 0.3) is 0 Å². The van der Waals surface area contributed by atoms with Gasteiger partial charge < -0.3 is 14.8 Å². The topological polar surface area (TPSA) is 65.4 Å². The summed E-state index contributed by atoms with van der Waals surface area (Å²) in [6.07, 6.45) is 2.11. The van der Waals surface area contributed by atoms with Gasteiger partial charge in [-0.25, -0.2) is 0 Å². The Morgan fingerprint density at radius 3 is 2.86 bits per heavy atom. The Kier molecular flexibility index (Phi) is 4.96. The Labute approximate surface area is 168 Å². The number of benzene rings is 2. The van der Waals surface area contributed by atoms with Crippen molar-refractivity contribution in [3.8, 4) is 11.5 Å². The molecule has 0 bridgehead atoms. The third kappa shape index (κ3) is 3.43. The van der Waals surface area contributed by atoms with Crippen LogP contribution in [0.1, 0.15) is 29.0 Å². The molecule has 6 nitrogen and oxygen atoms in total. The van der Waals surface area contributed by atoms with Crippen LogP contribution in [0, 0.1) is 0 Å². The van der Waals surface area contributed by atoms with Crippen LogP contribution in [0.25, 0.3) is 0 Å². The molecule has 1 aliphatic heterocycles. The standard InChI is InChI=1S/C21H20ClN3O3/c1-25-21-17(11-23-25)16(10-19(26)24-21)15-7-4-8-18(27-2)20(15)28-12-13-5-3-6-14(22)9-13/h3-9,11,16H,10,12H2,1-2H3,(H,24,26)/t16-/m1/s1. The number of carbonyl (C=O) groups excluding carboxylic acids is 1. The van der Waals surface area contributed by atoms with E-state index in [1.807, 2.05) is 49.5 Å². The number of methoxy groups -OCH3 is 1. The minimum Gasteiger partial charge on any atom is -0.493 e. The van der Waals surface area contributed by atoms with Gasteiger partial charge in [0.2, 0.25) is 5.91 Å². The summed E-state index contributed by atoms with van der Waals surface area (Å²) < 4.78 is 13.4. The predicted octanol–water partition coefficient (Wildman–Crippen LogP) is 4.14. The molecule has 0 radical (unpaired) electrons. The molecule has 0 fully saturated rings. The summed E-state index contributed by atoms with van der Waals surface area (Å²) in [6, 6.07) is 13.3. The molecular formula is C21H20ClN3O3. The molecule has 2 aromatic carbocycles. The van der Waals surface area contributed by atoms with Crippen molar-refractivity contribution in [1.29, 1.82) is 0 Å². The number of aromatic nitrogens is 2. The molecule has 3 aromatic rings. The predicted molar refractivity (Wildman–Crippen MR) is 107 cm³/mol. The zero-order valence-electron chi connectivity index (χ0n) is 15.6. The lowest BCUT2D eigenvalue weighted by molar-refractivity contribution is -0.116. The number of carbonyl (C=O) groups is 1. The van der Waals surface area contributed by atoms with Gasteiger partial charge in [-0.05, 0) is 23.8 Å². The maximum atomic E-state index is 12.3. The number of ether oxygens (including phenoxy) is 2. The molecular weight excluding hydrogens is 378 g/mol. The van der Waals surface area contributed by atoms with Gasteiger partial charge in [-0.2, -0.15) is 5.10 Å². The number of hydrogen-bond acceptors (Lipinski definition) is 4. The van der Waals surface area contributed by atoms with Crippen LogP contribution in [0.2, 0.25) is 5.02 Å². The molecule has 4 rings (SSSR count). The number of amides is 1. The van der Waals surface area contributed by atoms with Crippen molar-refractivity contribution in [3.05, 3.63) is 70.4 Å². The first-order valence-electron chi connectivity index (χ1n) is 8.92. The smallest absolute Gasteiger partial charge is 0.226 e. The number of nitrogens with zero attached hydrogens (tertiary/aromatic N) is 2. The molecule has 28 heavy (non-hydrogen) atoms. The molecule has 144 valence electrons. The maximum absolute atomic E-state index is 12.3. The lowest BCUT2D eigenvalue weighted by atomic mass is 9.86. The minimum atomic E-state index is -0.165. The van der Waals surface area contributed by atoms with E-state index < -0.39 is 0 Å². The Morgan fingerprint density at radius 2 is 2.07 bits per heavy atom. The van der Waals surface area contributed by atoms with E-state index in [2.05, 4.69) is 10.4 Å². The van der Waals surface area contributed by atoms with E-state index in [4.69, 9.17) is 21.1 Å². The fourth-order valence-corrected chi connectivity index (χ4v) is 3.74. The van der Waals surface area contributed by atoms with E-state index in [9.17, 15) is 4.79 Å². The van der Waals surface area contributed by atoms with Crippen LogP contribution < -0.4 is 14.8 Å². The Bertz CT molecular complexity index is 1030. The highest BCUT2D eigenvalue weighted by atomic mass is 35.5. The molecule has 0 aliphatic carbocycles. The monoisotopic (exact) mass is 397 g/mol. The van der Waals surface area contributed by atoms with Crippen molar-refractivity contribution in [3.63, 3.8) is 0 Å². The summed E-state index contributed by atoms with van der Waals surface area (Å²) in [5, 5.41) is 7.85. The molecule has 1 atom stereocenters. The summed E-state index contributed by atoms with van der Waals surface area (Å²) in [4.78, 5) is 12.3. The highest BCUT2D eigenvalue weighted by Crippen LogP contribution is 2.44. The van der Waals surface area contributed by atoms with Crippen molar-refractivity contribution in [2.75, 3.05) is 12.4 Å². The van der Waals surface area contributed by atoms with Gasteiger partial charge in [0.15, 0.2) is 11.5 Å². The molecule has 2 heterocycles. The molecule has 0 saturated heterocycles. The Morgan fingerprint density at radius 1 is 1.25 bits per heavy atom. The molecule has 7 heteroatoms. The van der Waals surface area contributed by atoms with E-state index in [0.29, 0.717) is 35.4 Å². The molecule has 0 unspecified atom stereocenters. The fourth-order valence-electron chi connectivity index (χ4n) is 3.52. The average molecular weight is 398 g/mol. The van der Waals surface area contributed by atoms with Gasteiger partial charge in [0, 0.05) is 35.5 Å². The van der Waals surface area contributed by atoms with Gasteiger partial charge in [-0.3, -0.25) is 9.48 Å². The summed E-state index contributed by atoms with van der Waals surface area (Å²) in [7, 11) is 3.41. The Balaban J connectivity index is 1.73. The van der Waals surface area contributed by atoms with Gasteiger partial charge in [0.1, 0.15) is 12.4 Å². The van der Waals surface area contributed by atoms with Crippen LogP contribution in [0.3, 0.4) is 0 Å². The summed E-state index contributed by atoms with van der Waals surface area (Å²) in [6.45, 7) is 0.340. The molecule has 1 amide bonds. The third-order valence-electron chi connectivity index (χ3n) is 4.87.